The summed E-state index contributed by atoms with van der Waals surface area (Å²) in [5.41, 5.74) is 2.23. The van der Waals surface area contributed by atoms with Crippen LogP contribution in [-0.2, 0) is 9.59 Å². The highest BCUT2D eigenvalue weighted by molar-refractivity contribution is 6.02. The van der Waals surface area contributed by atoms with Crippen LogP contribution in [0.15, 0.2) is 18.2 Å². The Morgan fingerprint density at radius 3 is 2.48 bits per heavy atom. The zero-order valence-corrected chi connectivity index (χ0v) is 13.5. The molecule has 1 atom stereocenters. The monoisotopic (exact) mass is 288 g/mol. The number of benzene rings is 1. The van der Waals surface area contributed by atoms with Gasteiger partial charge in [-0.05, 0) is 44.4 Å². The quantitative estimate of drug-likeness (QED) is 0.929. The van der Waals surface area contributed by atoms with E-state index in [0.29, 0.717) is 13.0 Å². The number of amides is 2. The minimum atomic E-state index is -0.725. The van der Waals surface area contributed by atoms with Crippen molar-refractivity contribution in [2.75, 3.05) is 11.9 Å². The van der Waals surface area contributed by atoms with Gasteiger partial charge in [-0.15, -0.1) is 0 Å². The van der Waals surface area contributed by atoms with Crippen LogP contribution in [0.3, 0.4) is 0 Å². The number of aryl methyl sites for hydroxylation is 2. The smallest absolute Gasteiger partial charge is 0.250 e. The Hall–Kier alpha value is -1.84. The first-order valence-corrected chi connectivity index (χ1v) is 7.46. The number of hydrogen-bond donors (Lipinski definition) is 1. The maximum atomic E-state index is 12.6. The van der Waals surface area contributed by atoms with E-state index in [1.165, 1.54) is 0 Å². The molecule has 2 amide bonds. The molecule has 1 N–H and O–H groups in total. The third-order valence-corrected chi connectivity index (χ3v) is 4.31. The number of nitrogens with zero attached hydrogens (tertiary/aromatic N) is 1. The third kappa shape index (κ3) is 2.80. The van der Waals surface area contributed by atoms with Gasteiger partial charge in [-0.3, -0.25) is 9.59 Å². The molecule has 0 spiro atoms. The van der Waals surface area contributed by atoms with Crippen LogP contribution < -0.4 is 5.32 Å². The Morgan fingerprint density at radius 2 is 1.95 bits per heavy atom. The molecule has 0 bridgehead atoms. The predicted octanol–water partition coefficient (Wildman–Crippen LogP) is 2.89. The van der Waals surface area contributed by atoms with Crippen molar-refractivity contribution in [3.05, 3.63) is 29.3 Å². The van der Waals surface area contributed by atoms with Gasteiger partial charge in [0.1, 0.15) is 5.54 Å². The lowest BCUT2D eigenvalue weighted by Crippen LogP contribution is -2.66. The SMILES string of the molecule is Cc1ccc(C)c(NC(=O)C2(C)CCN2C(=O)C(C)C)c1. The molecule has 4 heteroatoms. The van der Waals surface area contributed by atoms with Crippen molar-refractivity contribution in [3.8, 4) is 0 Å². The maximum Gasteiger partial charge on any atom is 0.250 e. The molecule has 1 aliphatic heterocycles. The van der Waals surface area contributed by atoms with Gasteiger partial charge in [0.2, 0.25) is 11.8 Å². The second kappa shape index (κ2) is 5.51. The first kappa shape index (κ1) is 15.5. The third-order valence-electron chi connectivity index (χ3n) is 4.31. The van der Waals surface area contributed by atoms with E-state index in [1.54, 1.807) is 4.90 Å². The van der Waals surface area contributed by atoms with Crippen LogP contribution in [0.4, 0.5) is 5.69 Å². The van der Waals surface area contributed by atoms with Crippen LogP contribution >= 0.6 is 0 Å². The average Bonchev–Trinajstić information content (AvgIpc) is 2.40. The molecule has 0 saturated carbocycles. The molecule has 21 heavy (non-hydrogen) atoms. The van der Waals surface area contributed by atoms with Crippen LogP contribution in [-0.4, -0.2) is 28.8 Å². The maximum absolute atomic E-state index is 12.6. The fraction of sp³-hybridized carbons (Fsp3) is 0.529. The Labute approximate surface area is 126 Å². The Bertz CT molecular complexity index is 580. The van der Waals surface area contributed by atoms with Crippen molar-refractivity contribution in [2.45, 2.75) is 46.6 Å². The number of hydrogen-bond acceptors (Lipinski definition) is 2. The van der Waals surface area contributed by atoms with Crippen LogP contribution in [0.1, 0.15) is 38.3 Å². The van der Waals surface area contributed by atoms with E-state index in [4.69, 9.17) is 0 Å². The molecular weight excluding hydrogens is 264 g/mol. The Kier molecular flexibility index (Phi) is 4.08. The van der Waals surface area contributed by atoms with Gasteiger partial charge in [-0.2, -0.15) is 0 Å². The van der Waals surface area contributed by atoms with Gasteiger partial charge in [0.25, 0.3) is 0 Å². The first-order valence-electron chi connectivity index (χ1n) is 7.46. The average molecular weight is 288 g/mol. The second-order valence-electron chi connectivity index (χ2n) is 6.44. The molecule has 1 heterocycles. The summed E-state index contributed by atoms with van der Waals surface area (Å²) in [6.07, 6.45) is 0.710. The lowest BCUT2D eigenvalue weighted by Gasteiger charge is -2.49. The molecule has 4 nitrogen and oxygen atoms in total. The van der Waals surface area contributed by atoms with E-state index in [1.807, 2.05) is 52.8 Å². The highest BCUT2D eigenvalue weighted by Gasteiger charge is 2.49. The zero-order valence-electron chi connectivity index (χ0n) is 13.5. The summed E-state index contributed by atoms with van der Waals surface area (Å²) in [5, 5.41) is 2.98. The Balaban J connectivity index is 2.16. The van der Waals surface area contributed by atoms with Gasteiger partial charge in [-0.25, -0.2) is 0 Å². The van der Waals surface area contributed by atoms with Crippen molar-refractivity contribution >= 4 is 17.5 Å². The van der Waals surface area contributed by atoms with Crippen molar-refractivity contribution in [3.63, 3.8) is 0 Å². The molecule has 1 aliphatic rings. The van der Waals surface area contributed by atoms with Gasteiger partial charge in [0, 0.05) is 18.2 Å². The highest BCUT2D eigenvalue weighted by Crippen LogP contribution is 2.33. The van der Waals surface area contributed by atoms with Crippen molar-refractivity contribution in [1.82, 2.24) is 4.90 Å². The molecule has 0 radical (unpaired) electrons. The molecule has 0 aliphatic carbocycles. The second-order valence-corrected chi connectivity index (χ2v) is 6.44. The summed E-state index contributed by atoms with van der Waals surface area (Å²) in [6, 6.07) is 5.97. The Morgan fingerprint density at radius 1 is 1.29 bits per heavy atom. The van der Waals surface area contributed by atoms with E-state index in [2.05, 4.69) is 5.32 Å². The predicted molar refractivity (Wildman–Crippen MR) is 84.1 cm³/mol. The summed E-state index contributed by atoms with van der Waals surface area (Å²) < 4.78 is 0. The lowest BCUT2D eigenvalue weighted by molar-refractivity contribution is -0.157. The highest BCUT2D eigenvalue weighted by atomic mass is 16.2. The van der Waals surface area contributed by atoms with E-state index in [0.717, 1.165) is 16.8 Å². The number of carbonyl (C=O) groups is 2. The fourth-order valence-corrected chi connectivity index (χ4v) is 2.59. The minimum Gasteiger partial charge on any atom is -0.328 e. The topological polar surface area (TPSA) is 49.4 Å². The molecular formula is C17H24N2O2. The molecule has 114 valence electrons. The van der Waals surface area contributed by atoms with E-state index in [9.17, 15) is 9.59 Å². The van der Waals surface area contributed by atoms with Gasteiger partial charge in [0.15, 0.2) is 0 Å². The molecule has 2 rings (SSSR count). The van der Waals surface area contributed by atoms with Crippen molar-refractivity contribution < 1.29 is 9.59 Å². The minimum absolute atomic E-state index is 0.0415. The largest absolute Gasteiger partial charge is 0.328 e. The van der Waals surface area contributed by atoms with E-state index >= 15 is 0 Å². The van der Waals surface area contributed by atoms with Gasteiger partial charge < -0.3 is 10.2 Å². The summed E-state index contributed by atoms with van der Waals surface area (Å²) in [4.78, 5) is 26.5. The molecule has 1 aromatic carbocycles. The van der Waals surface area contributed by atoms with Gasteiger partial charge in [0.05, 0.1) is 0 Å². The zero-order chi connectivity index (χ0) is 15.8. The molecule has 1 aromatic rings. The van der Waals surface area contributed by atoms with Crippen LogP contribution in [0, 0.1) is 19.8 Å². The van der Waals surface area contributed by atoms with E-state index in [-0.39, 0.29) is 17.7 Å². The fourth-order valence-electron chi connectivity index (χ4n) is 2.59. The summed E-state index contributed by atoms with van der Waals surface area (Å²) in [5.74, 6) is -0.144. The molecule has 1 fully saturated rings. The van der Waals surface area contributed by atoms with Crippen molar-refractivity contribution in [2.24, 2.45) is 5.92 Å². The standard InChI is InChI=1S/C17H24N2O2/c1-11(2)15(20)19-9-8-17(19,5)16(21)18-14-10-12(3)6-7-13(14)4/h6-7,10-11H,8-9H2,1-5H3,(H,18,21). The van der Waals surface area contributed by atoms with Gasteiger partial charge in [-0.1, -0.05) is 26.0 Å². The number of carbonyl (C=O) groups excluding carboxylic acids is 2. The summed E-state index contributed by atoms with van der Waals surface area (Å²) >= 11 is 0. The van der Waals surface area contributed by atoms with Crippen LogP contribution in [0.5, 0.6) is 0 Å². The number of rotatable bonds is 3. The van der Waals surface area contributed by atoms with Crippen LogP contribution in [0.2, 0.25) is 0 Å². The molecule has 1 unspecified atom stereocenters. The number of likely N-dealkylation sites (tertiary alicyclic amines) is 1. The van der Waals surface area contributed by atoms with Crippen LogP contribution in [0.25, 0.3) is 0 Å². The molecule has 0 aromatic heterocycles. The summed E-state index contributed by atoms with van der Waals surface area (Å²) in [6.45, 7) is 10.2. The number of anilines is 1. The lowest BCUT2D eigenvalue weighted by atomic mass is 9.84. The summed E-state index contributed by atoms with van der Waals surface area (Å²) in [7, 11) is 0. The normalized spacial score (nSPS) is 21.1. The van der Waals surface area contributed by atoms with Gasteiger partial charge >= 0.3 is 0 Å². The van der Waals surface area contributed by atoms with Crippen molar-refractivity contribution in [1.29, 1.82) is 0 Å². The molecule has 1 saturated heterocycles. The first-order chi connectivity index (χ1) is 9.75. The van der Waals surface area contributed by atoms with E-state index < -0.39 is 5.54 Å². The number of nitrogens with one attached hydrogen (secondary N) is 1.